The van der Waals surface area contributed by atoms with Crippen LogP contribution in [-0.2, 0) is 0 Å². The fourth-order valence-electron chi connectivity index (χ4n) is 1.34. The molecule has 4 heteroatoms. The minimum Gasteiger partial charge on any atom is -0.387 e. The molecular weight excluding hydrogens is 166 g/mol. The summed E-state index contributed by atoms with van der Waals surface area (Å²) in [6.07, 6.45) is 2.86. The molecule has 2 heterocycles. The minimum absolute atomic E-state index is 0.218. The average Bonchev–Trinajstić information content (AvgIpc) is 2.60. The van der Waals surface area contributed by atoms with Gasteiger partial charge in [0.25, 0.3) is 0 Å². The maximum absolute atomic E-state index is 9.54. The van der Waals surface area contributed by atoms with Crippen molar-refractivity contribution in [1.82, 2.24) is 9.61 Å². The van der Waals surface area contributed by atoms with E-state index >= 15 is 0 Å². The van der Waals surface area contributed by atoms with Gasteiger partial charge in [-0.25, -0.2) is 4.52 Å². The number of nitrogens with two attached hydrogens (primary N) is 1. The summed E-state index contributed by atoms with van der Waals surface area (Å²) in [5, 5.41) is 13.6. The first-order chi connectivity index (χ1) is 6.33. The van der Waals surface area contributed by atoms with Gasteiger partial charge >= 0.3 is 0 Å². The molecule has 0 unspecified atom stereocenters. The van der Waals surface area contributed by atoms with Gasteiger partial charge in [0.2, 0.25) is 0 Å². The van der Waals surface area contributed by atoms with Gasteiger partial charge in [-0.2, -0.15) is 5.10 Å². The first kappa shape index (κ1) is 8.22. The predicted octanol–water partition coefficient (Wildman–Crippen LogP) is 0.326. The molecule has 0 bridgehead atoms. The van der Waals surface area contributed by atoms with E-state index in [-0.39, 0.29) is 6.54 Å². The lowest BCUT2D eigenvalue weighted by Gasteiger charge is -2.04. The first-order valence-electron chi connectivity index (χ1n) is 4.13. The molecule has 0 aromatic carbocycles. The lowest BCUT2D eigenvalue weighted by atomic mass is 10.1. The molecule has 0 amide bonds. The van der Waals surface area contributed by atoms with Crippen LogP contribution in [0.1, 0.15) is 11.7 Å². The number of hydrogen-bond donors (Lipinski definition) is 2. The molecule has 2 aromatic heterocycles. The third kappa shape index (κ3) is 1.30. The second kappa shape index (κ2) is 3.16. The van der Waals surface area contributed by atoms with Gasteiger partial charge in [0.1, 0.15) is 0 Å². The second-order valence-corrected chi connectivity index (χ2v) is 2.88. The molecule has 0 aliphatic rings. The standard InChI is InChI=1S/C9H11N3O/c10-5-9(13)7-6-11-12-4-2-1-3-8(7)12/h1-4,6,9,13H,5,10H2/t9-/m1/s1. The van der Waals surface area contributed by atoms with Crippen molar-refractivity contribution in [2.75, 3.05) is 6.54 Å². The zero-order chi connectivity index (χ0) is 9.26. The summed E-state index contributed by atoms with van der Waals surface area (Å²) in [5.74, 6) is 0. The van der Waals surface area contributed by atoms with Gasteiger partial charge < -0.3 is 10.8 Å². The van der Waals surface area contributed by atoms with Crippen molar-refractivity contribution < 1.29 is 5.11 Å². The van der Waals surface area contributed by atoms with Crippen LogP contribution in [0.3, 0.4) is 0 Å². The largest absolute Gasteiger partial charge is 0.387 e. The summed E-state index contributed by atoms with van der Waals surface area (Å²) in [5.41, 5.74) is 7.05. The van der Waals surface area contributed by atoms with Crippen LogP contribution >= 0.6 is 0 Å². The molecule has 68 valence electrons. The molecule has 2 aromatic rings. The van der Waals surface area contributed by atoms with Crippen molar-refractivity contribution in [1.29, 1.82) is 0 Å². The van der Waals surface area contributed by atoms with E-state index in [1.165, 1.54) is 0 Å². The quantitative estimate of drug-likeness (QED) is 0.694. The summed E-state index contributed by atoms with van der Waals surface area (Å²) in [4.78, 5) is 0. The molecule has 0 aliphatic heterocycles. The second-order valence-electron chi connectivity index (χ2n) is 2.88. The fourth-order valence-corrected chi connectivity index (χ4v) is 1.34. The Morgan fingerprint density at radius 2 is 2.38 bits per heavy atom. The van der Waals surface area contributed by atoms with E-state index in [0.717, 1.165) is 11.1 Å². The van der Waals surface area contributed by atoms with Gasteiger partial charge in [0.15, 0.2) is 0 Å². The summed E-state index contributed by atoms with van der Waals surface area (Å²) in [6.45, 7) is 0.218. The number of nitrogens with zero attached hydrogens (tertiary/aromatic N) is 2. The van der Waals surface area contributed by atoms with E-state index in [4.69, 9.17) is 5.73 Å². The molecule has 0 spiro atoms. The Bertz CT molecular complexity index is 410. The summed E-state index contributed by atoms with van der Waals surface area (Å²) >= 11 is 0. The predicted molar refractivity (Wildman–Crippen MR) is 49.2 cm³/mol. The van der Waals surface area contributed by atoms with E-state index in [1.807, 2.05) is 24.4 Å². The van der Waals surface area contributed by atoms with Crippen LogP contribution in [0.15, 0.2) is 30.6 Å². The molecule has 0 saturated heterocycles. The van der Waals surface area contributed by atoms with Crippen LogP contribution in [0, 0.1) is 0 Å². The highest BCUT2D eigenvalue weighted by molar-refractivity contribution is 5.54. The Morgan fingerprint density at radius 3 is 3.15 bits per heavy atom. The smallest absolute Gasteiger partial charge is 0.0948 e. The summed E-state index contributed by atoms with van der Waals surface area (Å²) in [7, 11) is 0. The third-order valence-corrected chi connectivity index (χ3v) is 2.04. The molecule has 3 N–H and O–H groups in total. The zero-order valence-corrected chi connectivity index (χ0v) is 7.09. The van der Waals surface area contributed by atoms with Crippen molar-refractivity contribution in [2.24, 2.45) is 5.73 Å². The lowest BCUT2D eigenvalue weighted by Crippen LogP contribution is -2.11. The van der Waals surface area contributed by atoms with Crippen molar-refractivity contribution >= 4 is 5.52 Å². The lowest BCUT2D eigenvalue weighted by molar-refractivity contribution is 0.188. The van der Waals surface area contributed by atoms with Gasteiger partial charge in [-0.15, -0.1) is 0 Å². The number of rotatable bonds is 2. The van der Waals surface area contributed by atoms with E-state index < -0.39 is 6.10 Å². The van der Waals surface area contributed by atoms with Gasteiger partial charge in [0, 0.05) is 18.3 Å². The topological polar surface area (TPSA) is 63.5 Å². The number of aromatic nitrogens is 2. The molecule has 0 fully saturated rings. The Morgan fingerprint density at radius 1 is 1.54 bits per heavy atom. The highest BCUT2D eigenvalue weighted by Gasteiger charge is 2.10. The van der Waals surface area contributed by atoms with Crippen molar-refractivity contribution in [3.8, 4) is 0 Å². The average molecular weight is 177 g/mol. The van der Waals surface area contributed by atoms with E-state index in [1.54, 1.807) is 10.7 Å². The number of aliphatic hydroxyl groups is 1. The van der Waals surface area contributed by atoms with Gasteiger partial charge in [-0.05, 0) is 12.1 Å². The van der Waals surface area contributed by atoms with Crippen LogP contribution in [0.25, 0.3) is 5.52 Å². The van der Waals surface area contributed by atoms with Crippen LogP contribution in [0.4, 0.5) is 0 Å². The Hall–Kier alpha value is -1.39. The zero-order valence-electron chi connectivity index (χ0n) is 7.09. The Kier molecular flexibility index (Phi) is 2.00. The SMILES string of the molecule is NC[C@@H](O)c1cnn2ccccc12. The molecule has 13 heavy (non-hydrogen) atoms. The van der Waals surface area contributed by atoms with Crippen LogP contribution in [0.2, 0.25) is 0 Å². The molecule has 0 radical (unpaired) electrons. The third-order valence-electron chi connectivity index (χ3n) is 2.04. The Balaban J connectivity index is 2.57. The van der Waals surface area contributed by atoms with Crippen LogP contribution < -0.4 is 5.73 Å². The number of hydrogen-bond acceptors (Lipinski definition) is 3. The van der Waals surface area contributed by atoms with E-state index in [0.29, 0.717) is 0 Å². The highest BCUT2D eigenvalue weighted by atomic mass is 16.3. The van der Waals surface area contributed by atoms with E-state index in [9.17, 15) is 5.11 Å². The summed E-state index contributed by atoms with van der Waals surface area (Å²) in [6, 6.07) is 5.70. The maximum Gasteiger partial charge on any atom is 0.0948 e. The molecule has 4 nitrogen and oxygen atoms in total. The van der Waals surface area contributed by atoms with E-state index in [2.05, 4.69) is 5.10 Å². The van der Waals surface area contributed by atoms with Crippen LogP contribution in [-0.4, -0.2) is 21.3 Å². The van der Waals surface area contributed by atoms with Crippen molar-refractivity contribution in [3.05, 3.63) is 36.2 Å². The number of aliphatic hydroxyl groups excluding tert-OH is 1. The minimum atomic E-state index is -0.625. The van der Waals surface area contributed by atoms with Crippen LogP contribution in [0.5, 0.6) is 0 Å². The molecular formula is C9H11N3O. The Labute approximate surface area is 75.6 Å². The normalized spacial score (nSPS) is 13.4. The highest BCUT2D eigenvalue weighted by Crippen LogP contribution is 2.17. The van der Waals surface area contributed by atoms with Gasteiger partial charge in [-0.3, -0.25) is 0 Å². The van der Waals surface area contributed by atoms with Crippen molar-refractivity contribution in [2.45, 2.75) is 6.10 Å². The molecule has 0 saturated carbocycles. The number of pyridine rings is 1. The monoisotopic (exact) mass is 177 g/mol. The molecule has 2 rings (SSSR count). The van der Waals surface area contributed by atoms with Gasteiger partial charge in [0.05, 0.1) is 17.8 Å². The fraction of sp³-hybridized carbons (Fsp3) is 0.222. The first-order valence-corrected chi connectivity index (χ1v) is 4.13. The van der Waals surface area contributed by atoms with Crippen molar-refractivity contribution in [3.63, 3.8) is 0 Å². The van der Waals surface area contributed by atoms with Gasteiger partial charge in [-0.1, -0.05) is 6.07 Å². The number of fused-ring (bicyclic) bond motifs is 1. The molecule has 0 aliphatic carbocycles. The molecule has 1 atom stereocenters. The maximum atomic E-state index is 9.54. The summed E-state index contributed by atoms with van der Waals surface area (Å²) < 4.78 is 1.72.